The van der Waals surface area contributed by atoms with E-state index in [0.29, 0.717) is 5.54 Å². The molecule has 0 bridgehead atoms. The fraction of sp³-hybridized carbons (Fsp3) is 0.462. The van der Waals surface area contributed by atoms with Crippen LogP contribution in [0.25, 0.3) is 0 Å². The third-order valence-electron chi connectivity index (χ3n) is 4.18. The third-order valence-corrected chi connectivity index (χ3v) is 4.18. The summed E-state index contributed by atoms with van der Waals surface area (Å²) in [7, 11) is 2.23. The minimum atomic E-state index is 0.439. The van der Waals surface area contributed by atoms with Gasteiger partial charge in [0.15, 0.2) is 0 Å². The average molecular weight is 186 g/mol. The van der Waals surface area contributed by atoms with E-state index in [-0.39, 0.29) is 0 Å². The van der Waals surface area contributed by atoms with Gasteiger partial charge in [0.05, 0.1) is 0 Å². The van der Waals surface area contributed by atoms with E-state index >= 15 is 0 Å². The van der Waals surface area contributed by atoms with Crippen molar-refractivity contribution in [3.8, 4) is 0 Å². The molecule has 14 heavy (non-hydrogen) atoms. The summed E-state index contributed by atoms with van der Waals surface area (Å²) >= 11 is 0. The van der Waals surface area contributed by atoms with Gasteiger partial charge in [0.25, 0.3) is 0 Å². The number of aryl methyl sites for hydroxylation is 1. The van der Waals surface area contributed by atoms with Crippen LogP contribution in [0.15, 0.2) is 24.3 Å². The molecule has 0 N–H and O–H groups in total. The Labute approximate surface area is 85.1 Å². The topological polar surface area (TPSA) is 3.01 Å². The minimum Gasteiger partial charge on any atom is -0.219 e. The van der Waals surface area contributed by atoms with Gasteiger partial charge < -0.3 is 0 Å². The van der Waals surface area contributed by atoms with E-state index in [0.717, 1.165) is 0 Å². The fourth-order valence-electron chi connectivity index (χ4n) is 2.93. The highest BCUT2D eigenvalue weighted by Crippen LogP contribution is 2.39. The van der Waals surface area contributed by atoms with Crippen molar-refractivity contribution >= 4 is 5.71 Å². The second kappa shape index (κ2) is 2.47. The normalized spacial score (nSPS) is 29.3. The molecule has 1 unspecified atom stereocenters. The number of hydrogen-bond acceptors (Lipinski definition) is 0. The Morgan fingerprint density at radius 2 is 1.86 bits per heavy atom. The molecule has 1 aliphatic carbocycles. The van der Waals surface area contributed by atoms with Gasteiger partial charge in [0, 0.05) is 19.8 Å². The molecule has 1 spiro atoms. The van der Waals surface area contributed by atoms with Gasteiger partial charge in [-0.2, -0.15) is 0 Å². The Morgan fingerprint density at radius 3 is 2.50 bits per heavy atom. The Morgan fingerprint density at radius 1 is 1.21 bits per heavy atom. The molecule has 0 amide bonds. The van der Waals surface area contributed by atoms with Crippen LogP contribution in [0, 0.1) is 0 Å². The predicted octanol–water partition coefficient (Wildman–Crippen LogP) is 2.03. The number of benzene rings is 1. The molecule has 2 aliphatic rings. The van der Waals surface area contributed by atoms with Crippen molar-refractivity contribution < 1.29 is 4.58 Å². The highest BCUT2D eigenvalue weighted by molar-refractivity contribution is 5.94. The van der Waals surface area contributed by atoms with Crippen molar-refractivity contribution in [1.82, 2.24) is 0 Å². The third kappa shape index (κ3) is 0.875. The van der Waals surface area contributed by atoms with E-state index in [2.05, 4.69) is 42.8 Å². The number of hydrogen-bond donors (Lipinski definition) is 0. The summed E-state index contributed by atoms with van der Waals surface area (Å²) in [5.41, 5.74) is 5.13. The van der Waals surface area contributed by atoms with Crippen LogP contribution in [0.3, 0.4) is 0 Å². The largest absolute Gasteiger partial charge is 0.244 e. The van der Waals surface area contributed by atoms with Gasteiger partial charge >= 0.3 is 0 Å². The van der Waals surface area contributed by atoms with E-state index in [1.807, 2.05) is 0 Å². The van der Waals surface area contributed by atoms with Gasteiger partial charge in [-0.05, 0) is 17.5 Å². The van der Waals surface area contributed by atoms with Crippen LogP contribution in [0.2, 0.25) is 0 Å². The van der Waals surface area contributed by atoms with Crippen molar-refractivity contribution in [3.63, 3.8) is 0 Å². The molecule has 1 atom stereocenters. The summed E-state index contributed by atoms with van der Waals surface area (Å²) in [6, 6.07) is 8.88. The number of nitrogens with zero attached hydrogens (tertiary/aromatic N) is 1. The summed E-state index contributed by atoms with van der Waals surface area (Å²) in [6.07, 6.45) is 3.79. The number of fused-ring (bicyclic) bond motifs is 1. The van der Waals surface area contributed by atoms with Gasteiger partial charge in [-0.15, -0.1) is 0 Å². The molecule has 1 heteroatoms. The SMILES string of the molecule is CC1=[N+](C)C12CCc1ccccc1C2. The van der Waals surface area contributed by atoms with E-state index in [9.17, 15) is 0 Å². The molecule has 0 fully saturated rings. The molecule has 1 aromatic carbocycles. The predicted molar refractivity (Wildman–Crippen MR) is 58.1 cm³/mol. The molecule has 0 saturated heterocycles. The maximum Gasteiger partial charge on any atom is 0.244 e. The van der Waals surface area contributed by atoms with E-state index in [1.54, 1.807) is 16.8 Å². The lowest BCUT2D eigenvalue weighted by atomic mass is 9.80. The summed E-state index contributed by atoms with van der Waals surface area (Å²) in [5, 5.41) is 0. The fourth-order valence-corrected chi connectivity index (χ4v) is 2.93. The van der Waals surface area contributed by atoms with E-state index in [1.165, 1.54) is 19.3 Å². The first-order valence-corrected chi connectivity index (χ1v) is 5.39. The molecule has 1 aliphatic heterocycles. The number of rotatable bonds is 0. The molecular weight excluding hydrogens is 170 g/mol. The van der Waals surface area contributed by atoms with Gasteiger partial charge in [0.1, 0.15) is 7.05 Å². The standard InChI is InChI=1S/C13H16N/c1-10-13(14(10)2)8-7-11-5-3-4-6-12(11)9-13/h3-6H,7-9H2,1-2H3/q+1. The molecule has 1 aromatic rings. The van der Waals surface area contributed by atoms with Crippen molar-refractivity contribution in [2.24, 2.45) is 0 Å². The van der Waals surface area contributed by atoms with Crippen LogP contribution in [0.1, 0.15) is 24.5 Å². The van der Waals surface area contributed by atoms with E-state index < -0.39 is 0 Å². The monoisotopic (exact) mass is 186 g/mol. The maximum atomic E-state index is 2.45. The number of likely N-dealkylation sites (N-methyl/N-ethyl adjacent to an activating group) is 1. The molecule has 0 radical (unpaired) electrons. The molecule has 1 nitrogen and oxygen atoms in total. The Balaban J connectivity index is 1.96. The lowest BCUT2D eigenvalue weighted by Gasteiger charge is -2.19. The zero-order valence-corrected chi connectivity index (χ0v) is 8.88. The molecule has 72 valence electrons. The molecule has 1 heterocycles. The Hall–Kier alpha value is -1.11. The molecule has 0 aromatic heterocycles. The van der Waals surface area contributed by atoms with Crippen LogP contribution >= 0.6 is 0 Å². The zero-order valence-electron chi connectivity index (χ0n) is 8.88. The van der Waals surface area contributed by atoms with Crippen LogP contribution < -0.4 is 0 Å². The Kier molecular flexibility index (Phi) is 1.45. The van der Waals surface area contributed by atoms with Gasteiger partial charge in [-0.1, -0.05) is 24.3 Å². The van der Waals surface area contributed by atoms with Crippen LogP contribution in [-0.4, -0.2) is 22.9 Å². The molecular formula is C13H16N+. The second-order valence-electron chi connectivity index (χ2n) is 4.62. The van der Waals surface area contributed by atoms with Crippen molar-refractivity contribution in [1.29, 1.82) is 0 Å². The minimum absolute atomic E-state index is 0.439. The smallest absolute Gasteiger partial charge is 0.219 e. The first-order valence-electron chi connectivity index (χ1n) is 5.39. The summed E-state index contributed by atoms with van der Waals surface area (Å²) in [4.78, 5) is 0. The van der Waals surface area contributed by atoms with Crippen molar-refractivity contribution in [2.75, 3.05) is 7.05 Å². The summed E-state index contributed by atoms with van der Waals surface area (Å²) in [5.74, 6) is 0. The lowest BCUT2D eigenvalue weighted by Crippen LogP contribution is -2.31. The zero-order chi connectivity index (χ0) is 9.76. The quantitative estimate of drug-likeness (QED) is 0.545. The first kappa shape index (κ1) is 8.22. The first-order chi connectivity index (χ1) is 6.74. The van der Waals surface area contributed by atoms with Crippen molar-refractivity contribution in [2.45, 2.75) is 31.7 Å². The summed E-state index contributed by atoms with van der Waals surface area (Å²) < 4.78 is 2.45. The van der Waals surface area contributed by atoms with Crippen LogP contribution in [0.5, 0.6) is 0 Å². The Bertz CT molecular complexity index is 417. The highest BCUT2D eigenvalue weighted by atomic mass is 15.2. The molecule has 0 saturated carbocycles. The van der Waals surface area contributed by atoms with E-state index in [4.69, 9.17) is 0 Å². The average Bonchev–Trinajstić information content (AvgIpc) is 2.71. The van der Waals surface area contributed by atoms with Crippen LogP contribution in [-0.2, 0) is 12.8 Å². The van der Waals surface area contributed by atoms with Gasteiger partial charge in [-0.3, -0.25) is 0 Å². The van der Waals surface area contributed by atoms with Crippen molar-refractivity contribution in [3.05, 3.63) is 35.4 Å². The lowest BCUT2D eigenvalue weighted by molar-refractivity contribution is -0.476. The van der Waals surface area contributed by atoms with Gasteiger partial charge in [0.2, 0.25) is 11.3 Å². The second-order valence-corrected chi connectivity index (χ2v) is 4.62. The van der Waals surface area contributed by atoms with Crippen LogP contribution in [0.4, 0.5) is 0 Å². The molecule has 3 rings (SSSR count). The maximum absolute atomic E-state index is 2.45. The van der Waals surface area contributed by atoms with Gasteiger partial charge in [-0.25, -0.2) is 4.58 Å². The highest BCUT2D eigenvalue weighted by Gasteiger charge is 2.60. The summed E-state index contributed by atoms with van der Waals surface area (Å²) in [6.45, 7) is 2.27.